The van der Waals surface area contributed by atoms with Crippen molar-refractivity contribution < 1.29 is 13.2 Å². The smallest absolute Gasteiger partial charge is 0.265 e. The number of anilines is 1. The van der Waals surface area contributed by atoms with Crippen LogP contribution in [0.15, 0.2) is 70.3 Å². The van der Waals surface area contributed by atoms with E-state index in [4.69, 9.17) is 4.74 Å². The lowest BCUT2D eigenvalue weighted by Gasteiger charge is -2.13. The standard InChI is InChI=1S/C22H20BrN3O3S/c1-14-6-5-9-26-13-19(24-22(14)26)16-7-4-8-17(11-16)25-30(27,28)21-12-18(23)15(2)10-20(21)29-3/h4-13,25H,1-3H3. The van der Waals surface area contributed by atoms with Crippen molar-refractivity contribution in [3.8, 4) is 17.0 Å². The number of imidazole rings is 1. The van der Waals surface area contributed by atoms with Crippen molar-refractivity contribution in [2.75, 3.05) is 11.8 Å². The van der Waals surface area contributed by atoms with E-state index in [0.29, 0.717) is 10.2 Å². The van der Waals surface area contributed by atoms with Crippen LogP contribution < -0.4 is 9.46 Å². The Morgan fingerprint density at radius 1 is 1.07 bits per heavy atom. The van der Waals surface area contributed by atoms with Gasteiger partial charge in [0.2, 0.25) is 0 Å². The maximum atomic E-state index is 13.0. The molecule has 2 heterocycles. The molecule has 30 heavy (non-hydrogen) atoms. The molecule has 154 valence electrons. The van der Waals surface area contributed by atoms with Gasteiger partial charge >= 0.3 is 0 Å². The van der Waals surface area contributed by atoms with Crippen molar-refractivity contribution in [3.05, 3.63) is 76.5 Å². The monoisotopic (exact) mass is 485 g/mol. The van der Waals surface area contributed by atoms with Crippen LogP contribution in [0, 0.1) is 13.8 Å². The Bertz CT molecular complexity index is 1360. The average Bonchev–Trinajstić information content (AvgIpc) is 3.15. The lowest BCUT2D eigenvalue weighted by atomic mass is 10.1. The number of hydrogen-bond donors (Lipinski definition) is 1. The van der Waals surface area contributed by atoms with Crippen LogP contribution in [0.2, 0.25) is 0 Å². The molecule has 1 N–H and O–H groups in total. The summed E-state index contributed by atoms with van der Waals surface area (Å²) in [5.41, 5.74) is 4.84. The molecule has 8 heteroatoms. The second-order valence-electron chi connectivity index (χ2n) is 6.99. The Labute approximate surface area is 183 Å². The number of methoxy groups -OCH3 is 1. The number of aryl methyl sites for hydroxylation is 2. The topological polar surface area (TPSA) is 72.7 Å². The van der Waals surface area contributed by atoms with Crippen molar-refractivity contribution in [1.29, 1.82) is 0 Å². The number of halogens is 1. The molecule has 0 atom stereocenters. The summed E-state index contributed by atoms with van der Waals surface area (Å²) in [7, 11) is -2.40. The molecular formula is C22H20BrN3O3S. The van der Waals surface area contributed by atoms with Gasteiger partial charge in [-0.25, -0.2) is 13.4 Å². The van der Waals surface area contributed by atoms with Crippen LogP contribution in [0.3, 0.4) is 0 Å². The third-order valence-corrected chi connectivity index (χ3v) is 7.08. The number of nitrogens with one attached hydrogen (secondary N) is 1. The first-order valence-electron chi connectivity index (χ1n) is 9.20. The van der Waals surface area contributed by atoms with E-state index in [1.165, 1.54) is 7.11 Å². The molecule has 4 rings (SSSR count). The molecule has 0 saturated heterocycles. The van der Waals surface area contributed by atoms with E-state index in [2.05, 4.69) is 25.6 Å². The van der Waals surface area contributed by atoms with Gasteiger partial charge in [-0.15, -0.1) is 0 Å². The minimum atomic E-state index is -3.86. The molecule has 0 aliphatic carbocycles. The Kier molecular flexibility index (Phi) is 5.29. The van der Waals surface area contributed by atoms with Crippen molar-refractivity contribution in [1.82, 2.24) is 9.38 Å². The van der Waals surface area contributed by atoms with Gasteiger partial charge in [0.25, 0.3) is 10.0 Å². The fraction of sp³-hybridized carbons (Fsp3) is 0.136. The summed E-state index contributed by atoms with van der Waals surface area (Å²) in [6, 6.07) is 14.4. The first-order valence-corrected chi connectivity index (χ1v) is 11.5. The summed E-state index contributed by atoms with van der Waals surface area (Å²) in [6.45, 7) is 3.88. The van der Waals surface area contributed by atoms with E-state index in [1.807, 2.05) is 48.8 Å². The molecule has 0 aliphatic heterocycles. The molecule has 4 aromatic rings. The largest absolute Gasteiger partial charge is 0.495 e. The van der Waals surface area contributed by atoms with Gasteiger partial charge in [0.15, 0.2) is 0 Å². The number of hydrogen-bond acceptors (Lipinski definition) is 4. The van der Waals surface area contributed by atoms with Gasteiger partial charge < -0.3 is 9.14 Å². The molecule has 0 amide bonds. The maximum absolute atomic E-state index is 13.0. The molecular weight excluding hydrogens is 466 g/mol. The van der Waals surface area contributed by atoms with Crippen LogP contribution in [0.4, 0.5) is 5.69 Å². The van der Waals surface area contributed by atoms with Crippen LogP contribution in [0.5, 0.6) is 5.75 Å². The third kappa shape index (κ3) is 3.80. The summed E-state index contributed by atoms with van der Waals surface area (Å²) < 4.78 is 36.7. The zero-order valence-corrected chi connectivity index (χ0v) is 19.1. The molecule has 2 aromatic carbocycles. The number of benzene rings is 2. The Morgan fingerprint density at radius 3 is 2.60 bits per heavy atom. The number of nitrogens with zero attached hydrogens (tertiary/aromatic N) is 2. The van der Waals surface area contributed by atoms with E-state index in [-0.39, 0.29) is 10.6 Å². The highest BCUT2D eigenvalue weighted by molar-refractivity contribution is 9.10. The molecule has 0 unspecified atom stereocenters. The second kappa shape index (κ2) is 7.77. The fourth-order valence-corrected chi connectivity index (χ4v) is 4.97. The Morgan fingerprint density at radius 2 is 1.87 bits per heavy atom. The lowest BCUT2D eigenvalue weighted by Crippen LogP contribution is -2.14. The van der Waals surface area contributed by atoms with Crippen molar-refractivity contribution in [3.63, 3.8) is 0 Å². The number of rotatable bonds is 5. The average molecular weight is 486 g/mol. The van der Waals surface area contributed by atoms with Crippen LogP contribution >= 0.6 is 15.9 Å². The van der Waals surface area contributed by atoms with E-state index in [9.17, 15) is 8.42 Å². The highest BCUT2D eigenvalue weighted by Gasteiger charge is 2.21. The zero-order chi connectivity index (χ0) is 21.5. The SMILES string of the molecule is COc1cc(C)c(Br)cc1S(=O)(=O)Nc1cccc(-c2cn3cccc(C)c3n2)c1. The minimum Gasteiger partial charge on any atom is -0.495 e. The van der Waals surface area contributed by atoms with E-state index >= 15 is 0 Å². The molecule has 6 nitrogen and oxygen atoms in total. The van der Waals surface area contributed by atoms with E-state index in [1.54, 1.807) is 30.3 Å². The fourth-order valence-electron chi connectivity index (χ4n) is 3.25. The van der Waals surface area contributed by atoms with Gasteiger partial charge in [0.05, 0.1) is 12.8 Å². The van der Waals surface area contributed by atoms with Gasteiger partial charge in [-0.05, 0) is 55.3 Å². The number of pyridine rings is 1. The summed E-state index contributed by atoms with van der Waals surface area (Å²) in [6.07, 6.45) is 3.86. The predicted molar refractivity (Wildman–Crippen MR) is 122 cm³/mol. The van der Waals surface area contributed by atoms with Gasteiger partial charge in [0, 0.05) is 28.1 Å². The van der Waals surface area contributed by atoms with Gasteiger partial charge in [-0.1, -0.05) is 34.1 Å². The first kappa shape index (κ1) is 20.4. The van der Waals surface area contributed by atoms with Crippen molar-refractivity contribution in [2.24, 2.45) is 0 Å². The number of sulfonamides is 1. The first-order chi connectivity index (χ1) is 14.3. The molecule has 0 spiro atoms. The zero-order valence-electron chi connectivity index (χ0n) is 16.7. The minimum absolute atomic E-state index is 0.0660. The number of fused-ring (bicyclic) bond motifs is 1. The Hall–Kier alpha value is -2.84. The predicted octanol–water partition coefficient (Wildman–Crippen LogP) is 5.19. The summed E-state index contributed by atoms with van der Waals surface area (Å²) in [5, 5.41) is 0. The van der Waals surface area contributed by atoms with Gasteiger partial charge in [0.1, 0.15) is 16.3 Å². The van der Waals surface area contributed by atoms with Crippen LogP contribution in [0.1, 0.15) is 11.1 Å². The van der Waals surface area contributed by atoms with Crippen LogP contribution in [0.25, 0.3) is 16.9 Å². The van der Waals surface area contributed by atoms with Crippen molar-refractivity contribution in [2.45, 2.75) is 18.7 Å². The summed E-state index contributed by atoms with van der Waals surface area (Å²) >= 11 is 3.39. The number of ether oxygens (including phenoxy) is 1. The van der Waals surface area contributed by atoms with Gasteiger partial charge in [-0.2, -0.15) is 0 Å². The quantitative estimate of drug-likeness (QED) is 0.422. The van der Waals surface area contributed by atoms with E-state index < -0.39 is 10.0 Å². The molecule has 0 bridgehead atoms. The molecule has 2 aromatic heterocycles. The van der Waals surface area contributed by atoms with Gasteiger partial charge in [-0.3, -0.25) is 4.72 Å². The normalized spacial score (nSPS) is 11.6. The van der Waals surface area contributed by atoms with Crippen LogP contribution in [-0.4, -0.2) is 24.9 Å². The maximum Gasteiger partial charge on any atom is 0.265 e. The highest BCUT2D eigenvalue weighted by Crippen LogP contribution is 2.32. The molecule has 0 saturated carbocycles. The molecule has 0 fully saturated rings. The Balaban J connectivity index is 1.71. The second-order valence-corrected chi connectivity index (χ2v) is 9.49. The summed E-state index contributed by atoms with van der Waals surface area (Å²) in [4.78, 5) is 4.75. The summed E-state index contributed by atoms with van der Waals surface area (Å²) in [5.74, 6) is 0.287. The highest BCUT2D eigenvalue weighted by atomic mass is 79.9. The van der Waals surface area contributed by atoms with Crippen LogP contribution in [-0.2, 0) is 10.0 Å². The molecule has 0 radical (unpaired) electrons. The van der Waals surface area contributed by atoms with Crippen molar-refractivity contribution >= 4 is 37.3 Å². The van der Waals surface area contributed by atoms with E-state index in [0.717, 1.165) is 28.0 Å². The third-order valence-electron chi connectivity index (χ3n) is 4.82. The molecule has 0 aliphatic rings. The number of aromatic nitrogens is 2. The lowest BCUT2D eigenvalue weighted by molar-refractivity contribution is 0.402.